The number of halogens is 1. The molecule has 1 amide bonds. The van der Waals surface area contributed by atoms with Crippen molar-refractivity contribution in [3.63, 3.8) is 0 Å². The van der Waals surface area contributed by atoms with Gasteiger partial charge in [0.25, 0.3) is 0 Å². The van der Waals surface area contributed by atoms with E-state index in [9.17, 15) is 17.6 Å². The Morgan fingerprint density at radius 3 is 2.29 bits per heavy atom. The van der Waals surface area contributed by atoms with Crippen molar-refractivity contribution in [1.82, 2.24) is 5.32 Å². The van der Waals surface area contributed by atoms with Crippen LogP contribution in [0, 0.1) is 12.7 Å². The molecule has 0 heterocycles. The highest BCUT2D eigenvalue weighted by Crippen LogP contribution is 2.18. The second-order valence-electron chi connectivity index (χ2n) is 6.85. The van der Waals surface area contributed by atoms with Gasteiger partial charge >= 0.3 is 0 Å². The van der Waals surface area contributed by atoms with Crippen LogP contribution in [0.15, 0.2) is 48.5 Å². The first-order valence-electron chi connectivity index (χ1n) is 9.31. The van der Waals surface area contributed by atoms with Gasteiger partial charge in [0, 0.05) is 19.5 Å². The topological polar surface area (TPSA) is 66.5 Å². The van der Waals surface area contributed by atoms with E-state index in [2.05, 4.69) is 5.32 Å². The van der Waals surface area contributed by atoms with Gasteiger partial charge in [-0.05, 0) is 56.0 Å². The number of aryl methyl sites for hydroxylation is 2. The van der Waals surface area contributed by atoms with E-state index >= 15 is 0 Å². The summed E-state index contributed by atoms with van der Waals surface area (Å²) in [6, 6.07) is 13.6. The van der Waals surface area contributed by atoms with Crippen molar-refractivity contribution in [3.8, 4) is 0 Å². The predicted molar refractivity (Wildman–Crippen MR) is 110 cm³/mol. The number of nitrogens with zero attached hydrogens (tertiary/aromatic N) is 1. The van der Waals surface area contributed by atoms with Gasteiger partial charge in [0.1, 0.15) is 5.82 Å². The minimum atomic E-state index is -3.41. The largest absolute Gasteiger partial charge is 0.356 e. The Bertz CT molecular complexity index is 866. The number of carbonyl (C=O) groups is 1. The van der Waals surface area contributed by atoms with Crippen LogP contribution < -0.4 is 9.62 Å². The molecule has 0 aliphatic carbocycles. The lowest BCUT2D eigenvalue weighted by atomic mass is 10.1. The summed E-state index contributed by atoms with van der Waals surface area (Å²) in [4.78, 5) is 12.0. The van der Waals surface area contributed by atoms with Crippen LogP contribution in [0.25, 0.3) is 0 Å². The van der Waals surface area contributed by atoms with Gasteiger partial charge in [0.05, 0.1) is 11.9 Å². The highest BCUT2D eigenvalue weighted by Gasteiger charge is 2.17. The van der Waals surface area contributed by atoms with Crippen molar-refractivity contribution in [1.29, 1.82) is 0 Å². The van der Waals surface area contributed by atoms with Gasteiger partial charge in [0.2, 0.25) is 15.9 Å². The molecule has 0 unspecified atom stereocenters. The van der Waals surface area contributed by atoms with Gasteiger partial charge in [-0.25, -0.2) is 12.8 Å². The molecule has 2 rings (SSSR count). The summed E-state index contributed by atoms with van der Waals surface area (Å²) >= 11 is 0. The van der Waals surface area contributed by atoms with E-state index in [4.69, 9.17) is 0 Å². The second-order valence-corrected chi connectivity index (χ2v) is 8.76. The van der Waals surface area contributed by atoms with E-state index in [0.29, 0.717) is 18.7 Å². The lowest BCUT2D eigenvalue weighted by Crippen LogP contribution is -2.32. The molecule has 2 aromatic rings. The van der Waals surface area contributed by atoms with Gasteiger partial charge in [-0.1, -0.05) is 29.8 Å². The van der Waals surface area contributed by atoms with Crippen molar-refractivity contribution in [2.45, 2.75) is 32.6 Å². The molecule has 0 atom stereocenters. The number of hydrogen-bond donors (Lipinski definition) is 1. The van der Waals surface area contributed by atoms with Crippen LogP contribution in [-0.2, 0) is 21.2 Å². The maximum atomic E-state index is 12.9. The zero-order valence-corrected chi connectivity index (χ0v) is 17.1. The van der Waals surface area contributed by atoms with Gasteiger partial charge < -0.3 is 5.32 Å². The minimum Gasteiger partial charge on any atom is -0.356 e. The van der Waals surface area contributed by atoms with Crippen LogP contribution in [-0.4, -0.2) is 33.7 Å². The van der Waals surface area contributed by atoms with Crippen molar-refractivity contribution in [3.05, 3.63) is 65.5 Å². The van der Waals surface area contributed by atoms with Crippen molar-refractivity contribution in [2.24, 2.45) is 0 Å². The van der Waals surface area contributed by atoms with Crippen molar-refractivity contribution >= 4 is 21.6 Å². The molecule has 0 radical (unpaired) electrons. The Hall–Kier alpha value is -2.41. The van der Waals surface area contributed by atoms with E-state index in [-0.39, 0.29) is 24.7 Å². The van der Waals surface area contributed by atoms with E-state index in [0.717, 1.165) is 24.0 Å². The Morgan fingerprint density at radius 1 is 1.04 bits per heavy atom. The summed E-state index contributed by atoms with van der Waals surface area (Å²) in [6.07, 6.45) is 3.38. The minimum absolute atomic E-state index is 0.100. The lowest BCUT2D eigenvalue weighted by molar-refractivity contribution is -0.121. The maximum absolute atomic E-state index is 12.9. The number of nitrogens with one attached hydrogen (secondary N) is 1. The monoisotopic (exact) mass is 406 g/mol. The molecule has 5 nitrogen and oxygen atoms in total. The fraction of sp³-hybridized carbons (Fsp3) is 0.381. The molecule has 2 aromatic carbocycles. The molecule has 0 saturated carbocycles. The van der Waals surface area contributed by atoms with Crippen molar-refractivity contribution in [2.75, 3.05) is 23.7 Å². The fourth-order valence-electron chi connectivity index (χ4n) is 2.84. The average molecular weight is 407 g/mol. The van der Waals surface area contributed by atoms with Crippen LogP contribution in [0.5, 0.6) is 0 Å². The summed E-state index contributed by atoms with van der Waals surface area (Å²) in [5.41, 5.74) is 2.68. The average Bonchev–Trinajstić information content (AvgIpc) is 2.64. The highest BCUT2D eigenvalue weighted by molar-refractivity contribution is 7.92. The molecule has 28 heavy (non-hydrogen) atoms. The molecule has 7 heteroatoms. The fourth-order valence-corrected chi connectivity index (χ4v) is 3.81. The highest BCUT2D eigenvalue weighted by atomic mass is 32.2. The number of sulfonamides is 1. The van der Waals surface area contributed by atoms with Crippen LogP contribution in [0.4, 0.5) is 10.1 Å². The van der Waals surface area contributed by atoms with Gasteiger partial charge in [0.15, 0.2) is 0 Å². The smallest absolute Gasteiger partial charge is 0.232 e. The summed E-state index contributed by atoms with van der Waals surface area (Å²) in [5.74, 6) is -0.359. The van der Waals surface area contributed by atoms with E-state index < -0.39 is 10.0 Å². The van der Waals surface area contributed by atoms with E-state index in [1.165, 1.54) is 22.7 Å². The number of anilines is 1. The van der Waals surface area contributed by atoms with E-state index in [1.54, 1.807) is 24.3 Å². The third kappa shape index (κ3) is 7.31. The summed E-state index contributed by atoms with van der Waals surface area (Å²) in [5, 5.41) is 2.84. The molecule has 0 spiro atoms. The van der Waals surface area contributed by atoms with Gasteiger partial charge in [-0.3, -0.25) is 9.10 Å². The molecule has 152 valence electrons. The molecule has 0 aromatic heterocycles. The van der Waals surface area contributed by atoms with Crippen LogP contribution in [0.3, 0.4) is 0 Å². The van der Waals surface area contributed by atoms with Crippen LogP contribution >= 0.6 is 0 Å². The Balaban J connectivity index is 1.73. The van der Waals surface area contributed by atoms with E-state index in [1.807, 2.05) is 19.1 Å². The number of amides is 1. The number of benzene rings is 2. The molecule has 0 bridgehead atoms. The summed E-state index contributed by atoms with van der Waals surface area (Å²) < 4.78 is 38.3. The van der Waals surface area contributed by atoms with Crippen LogP contribution in [0.2, 0.25) is 0 Å². The zero-order valence-electron chi connectivity index (χ0n) is 16.3. The summed E-state index contributed by atoms with van der Waals surface area (Å²) in [7, 11) is -3.41. The SMILES string of the molecule is Cc1ccc(N(CCCC(=O)NCCCc2ccc(F)cc2)S(C)(=O)=O)cc1. The van der Waals surface area contributed by atoms with Crippen LogP contribution in [0.1, 0.15) is 30.4 Å². The molecule has 1 N–H and O–H groups in total. The first-order valence-corrected chi connectivity index (χ1v) is 11.2. The first kappa shape index (κ1) is 21.9. The Labute approximate surface area is 166 Å². The molecular weight excluding hydrogens is 379 g/mol. The standard InChI is InChI=1S/C21H27FN2O3S/c1-17-7-13-20(14-8-17)24(28(2,26)27)16-4-6-21(25)23-15-3-5-18-9-11-19(22)12-10-18/h7-14H,3-6,15-16H2,1-2H3,(H,23,25). The first-order chi connectivity index (χ1) is 13.3. The molecule has 0 saturated heterocycles. The third-order valence-electron chi connectivity index (χ3n) is 4.36. The number of rotatable bonds is 10. The Morgan fingerprint density at radius 2 is 1.68 bits per heavy atom. The summed E-state index contributed by atoms with van der Waals surface area (Å²) in [6.45, 7) is 2.73. The maximum Gasteiger partial charge on any atom is 0.232 e. The number of carbonyl (C=O) groups excluding carboxylic acids is 1. The van der Waals surface area contributed by atoms with Gasteiger partial charge in [-0.15, -0.1) is 0 Å². The van der Waals surface area contributed by atoms with Crippen molar-refractivity contribution < 1.29 is 17.6 Å². The number of hydrogen-bond acceptors (Lipinski definition) is 3. The molecule has 0 fully saturated rings. The molecule has 0 aliphatic rings. The third-order valence-corrected chi connectivity index (χ3v) is 5.56. The molecule has 0 aliphatic heterocycles. The lowest BCUT2D eigenvalue weighted by Gasteiger charge is -2.22. The second kappa shape index (κ2) is 10.2. The quantitative estimate of drug-likeness (QED) is 0.615. The Kier molecular flexibility index (Phi) is 7.99. The zero-order chi connectivity index (χ0) is 20.6. The normalized spacial score (nSPS) is 11.2. The predicted octanol–water partition coefficient (Wildman–Crippen LogP) is 3.43. The van der Waals surface area contributed by atoms with Gasteiger partial charge in [-0.2, -0.15) is 0 Å². The molecular formula is C21H27FN2O3S.